The predicted octanol–water partition coefficient (Wildman–Crippen LogP) is 1.29. The van der Waals surface area contributed by atoms with Crippen LogP contribution < -0.4 is 5.32 Å². The Morgan fingerprint density at radius 3 is 2.91 bits per heavy atom. The summed E-state index contributed by atoms with van der Waals surface area (Å²) in [5.74, 6) is 1.05. The van der Waals surface area contributed by atoms with Crippen LogP contribution in [0.5, 0.6) is 0 Å². The van der Waals surface area contributed by atoms with E-state index in [0.29, 0.717) is 19.6 Å². The number of hydrogen-bond acceptors (Lipinski definition) is 5. The highest BCUT2D eigenvalue weighted by molar-refractivity contribution is 5.78. The van der Waals surface area contributed by atoms with Gasteiger partial charge in [0, 0.05) is 30.8 Å². The first-order chi connectivity index (χ1) is 10.7. The summed E-state index contributed by atoms with van der Waals surface area (Å²) in [7, 11) is 0. The van der Waals surface area contributed by atoms with Crippen LogP contribution in [-0.2, 0) is 22.4 Å². The van der Waals surface area contributed by atoms with Gasteiger partial charge < -0.3 is 14.6 Å². The third-order valence-electron chi connectivity index (χ3n) is 3.80. The fraction of sp³-hybridized carbons (Fsp3) is 0.438. The monoisotopic (exact) mass is 301 g/mol. The van der Waals surface area contributed by atoms with Gasteiger partial charge in [0.1, 0.15) is 5.76 Å². The third-order valence-corrected chi connectivity index (χ3v) is 3.80. The molecule has 0 bridgehead atoms. The van der Waals surface area contributed by atoms with Crippen LogP contribution in [0.2, 0.25) is 0 Å². The fourth-order valence-electron chi connectivity index (χ4n) is 2.67. The molecule has 1 aliphatic rings. The molecule has 0 saturated carbocycles. The number of carbonyl (C=O) groups is 1. The van der Waals surface area contributed by atoms with Crippen molar-refractivity contribution in [1.82, 2.24) is 15.5 Å². The Morgan fingerprint density at radius 1 is 1.36 bits per heavy atom. The van der Waals surface area contributed by atoms with Crippen molar-refractivity contribution >= 4 is 5.91 Å². The number of nitrogens with zero attached hydrogens (tertiary/aromatic N) is 2. The molecule has 2 atom stereocenters. The van der Waals surface area contributed by atoms with Crippen molar-refractivity contribution in [2.45, 2.75) is 25.8 Å². The lowest BCUT2D eigenvalue weighted by molar-refractivity contribution is -0.121. The Labute approximate surface area is 128 Å². The van der Waals surface area contributed by atoms with E-state index in [4.69, 9.17) is 9.26 Å². The molecule has 1 aliphatic heterocycles. The van der Waals surface area contributed by atoms with E-state index in [1.165, 1.54) is 0 Å². The van der Waals surface area contributed by atoms with E-state index >= 15 is 0 Å². The molecule has 2 aromatic heterocycles. The zero-order chi connectivity index (χ0) is 15.4. The average molecular weight is 301 g/mol. The highest BCUT2D eigenvalue weighted by Gasteiger charge is 2.30. The number of pyridine rings is 1. The van der Waals surface area contributed by atoms with Gasteiger partial charge in [-0.25, -0.2) is 0 Å². The summed E-state index contributed by atoms with van der Waals surface area (Å²) in [6, 6.07) is 5.63. The van der Waals surface area contributed by atoms with E-state index in [1.54, 1.807) is 12.4 Å². The highest BCUT2D eigenvalue weighted by Crippen LogP contribution is 2.20. The van der Waals surface area contributed by atoms with E-state index in [0.717, 1.165) is 23.4 Å². The van der Waals surface area contributed by atoms with Crippen LogP contribution in [0.1, 0.15) is 17.0 Å². The molecular formula is C16H19N3O3. The number of ether oxygens (including phenoxy) is 1. The summed E-state index contributed by atoms with van der Waals surface area (Å²) in [4.78, 5) is 16.1. The molecule has 2 unspecified atom stereocenters. The summed E-state index contributed by atoms with van der Waals surface area (Å²) in [6.07, 6.45) is 4.46. The summed E-state index contributed by atoms with van der Waals surface area (Å²) in [5, 5.41) is 6.95. The molecule has 1 saturated heterocycles. The Kier molecular flexibility index (Phi) is 4.48. The van der Waals surface area contributed by atoms with E-state index in [9.17, 15) is 4.79 Å². The van der Waals surface area contributed by atoms with Crippen molar-refractivity contribution in [3.8, 4) is 0 Å². The van der Waals surface area contributed by atoms with Gasteiger partial charge in [-0.2, -0.15) is 0 Å². The molecule has 1 amide bonds. The number of hydrogen-bond donors (Lipinski definition) is 1. The van der Waals surface area contributed by atoms with Crippen molar-refractivity contribution in [2.75, 3.05) is 13.2 Å². The van der Waals surface area contributed by atoms with Crippen LogP contribution in [0.25, 0.3) is 0 Å². The van der Waals surface area contributed by atoms with Gasteiger partial charge in [0.15, 0.2) is 0 Å². The van der Waals surface area contributed by atoms with Crippen LogP contribution in [-0.4, -0.2) is 35.3 Å². The van der Waals surface area contributed by atoms with Crippen molar-refractivity contribution in [3.63, 3.8) is 0 Å². The lowest BCUT2D eigenvalue weighted by Crippen LogP contribution is -2.41. The molecule has 116 valence electrons. The molecule has 0 spiro atoms. The summed E-state index contributed by atoms with van der Waals surface area (Å²) >= 11 is 0. The average Bonchev–Trinajstić information content (AvgIpc) is 3.10. The molecule has 22 heavy (non-hydrogen) atoms. The van der Waals surface area contributed by atoms with Crippen LogP contribution in [0, 0.1) is 12.8 Å². The molecule has 3 heterocycles. The molecule has 3 rings (SSSR count). The minimum atomic E-state index is 0.000417. The largest absolute Gasteiger partial charge is 0.379 e. The predicted molar refractivity (Wildman–Crippen MR) is 79.1 cm³/mol. The van der Waals surface area contributed by atoms with Crippen molar-refractivity contribution in [3.05, 3.63) is 47.6 Å². The molecule has 6 heteroatoms. The van der Waals surface area contributed by atoms with Crippen molar-refractivity contribution < 1.29 is 14.1 Å². The molecule has 0 aromatic carbocycles. The van der Waals surface area contributed by atoms with Gasteiger partial charge in [0.05, 0.1) is 31.4 Å². The molecular weight excluding hydrogens is 282 g/mol. The lowest BCUT2D eigenvalue weighted by Gasteiger charge is -2.18. The van der Waals surface area contributed by atoms with E-state index < -0.39 is 0 Å². The van der Waals surface area contributed by atoms with Gasteiger partial charge in [0.25, 0.3) is 0 Å². The van der Waals surface area contributed by atoms with Gasteiger partial charge in [-0.3, -0.25) is 9.78 Å². The minimum Gasteiger partial charge on any atom is -0.379 e. The first-order valence-corrected chi connectivity index (χ1v) is 7.39. The van der Waals surface area contributed by atoms with Gasteiger partial charge in [-0.1, -0.05) is 5.16 Å². The second-order valence-electron chi connectivity index (χ2n) is 5.64. The second-order valence-corrected chi connectivity index (χ2v) is 5.64. The Bertz CT molecular complexity index is 627. The zero-order valence-electron chi connectivity index (χ0n) is 12.5. The number of aryl methyl sites for hydroxylation is 1. The third kappa shape index (κ3) is 3.71. The lowest BCUT2D eigenvalue weighted by atomic mass is 9.98. The topological polar surface area (TPSA) is 77.2 Å². The minimum absolute atomic E-state index is 0.000417. The van der Waals surface area contributed by atoms with Gasteiger partial charge in [-0.15, -0.1) is 0 Å². The maximum Gasteiger partial charge on any atom is 0.224 e. The van der Waals surface area contributed by atoms with Crippen LogP contribution in [0.15, 0.2) is 35.1 Å². The van der Waals surface area contributed by atoms with Gasteiger partial charge in [-0.05, 0) is 24.6 Å². The van der Waals surface area contributed by atoms with E-state index in [-0.39, 0.29) is 17.9 Å². The number of aromatic nitrogens is 2. The standard InChI is InChI=1S/C16H19N3O3/c1-11-6-14(22-19-11)8-13-9-21-10-15(13)18-16(20)7-12-2-4-17-5-3-12/h2-6,13,15H,7-10H2,1H3,(H,18,20). The zero-order valence-corrected chi connectivity index (χ0v) is 12.5. The normalized spacial score (nSPS) is 21.0. The molecule has 6 nitrogen and oxygen atoms in total. The molecule has 1 fully saturated rings. The quantitative estimate of drug-likeness (QED) is 0.900. The van der Waals surface area contributed by atoms with Crippen LogP contribution >= 0.6 is 0 Å². The Morgan fingerprint density at radius 2 is 2.18 bits per heavy atom. The molecule has 1 N–H and O–H groups in total. The number of rotatable bonds is 5. The molecule has 0 aliphatic carbocycles. The first kappa shape index (κ1) is 14.7. The first-order valence-electron chi connectivity index (χ1n) is 7.39. The highest BCUT2D eigenvalue weighted by atomic mass is 16.5. The smallest absolute Gasteiger partial charge is 0.224 e. The Balaban J connectivity index is 1.55. The van der Waals surface area contributed by atoms with Crippen molar-refractivity contribution in [2.24, 2.45) is 5.92 Å². The van der Waals surface area contributed by atoms with E-state index in [2.05, 4.69) is 15.5 Å². The SMILES string of the molecule is Cc1cc(CC2COCC2NC(=O)Cc2ccncc2)on1. The van der Waals surface area contributed by atoms with Gasteiger partial charge in [0.2, 0.25) is 5.91 Å². The van der Waals surface area contributed by atoms with Crippen molar-refractivity contribution in [1.29, 1.82) is 0 Å². The number of amides is 1. The number of nitrogens with one attached hydrogen (secondary N) is 1. The fourth-order valence-corrected chi connectivity index (χ4v) is 2.67. The summed E-state index contributed by atoms with van der Waals surface area (Å²) in [5.41, 5.74) is 1.82. The van der Waals surface area contributed by atoms with E-state index in [1.807, 2.05) is 25.1 Å². The van der Waals surface area contributed by atoms with Crippen LogP contribution in [0.3, 0.4) is 0 Å². The van der Waals surface area contributed by atoms with Gasteiger partial charge >= 0.3 is 0 Å². The summed E-state index contributed by atoms with van der Waals surface area (Å²) < 4.78 is 10.8. The summed E-state index contributed by atoms with van der Waals surface area (Å²) in [6.45, 7) is 3.06. The molecule has 2 aromatic rings. The maximum atomic E-state index is 12.1. The Hall–Kier alpha value is -2.21. The maximum absolute atomic E-state index is 12.1. The molecule has 0 radical (unpaired) electrons. The second kappa shape index (κ2) is 6.70. The van der Waals surface area contributed by atoms with Crippen LogP contribution in [0.4, 0.5) is 0 Å². The number of carbonyl (C=O) groups excluding carboxylic acids is 1.